The number of methoxy groups -OCH3 is 2. The predicted molar refractivity (Wildman–Crippen MR) is 110 cm³/mol. The molecule has 2 aliphatic heterocycles. The molecule has 1 aromatic heterocycles. The number of amides is 2. The number of thioether (sulfide) groups is 1. The van der Waals surface area contributed by atoms with Gasteiger partial charge in [-0.15, -0.1) is 11.8 Å². The average Bonchev–Trinajstić information content (AvgIpc) is 3.43. The van der Waals surface area contributed by atoms with Crippen LogP contribution in [0.2, 0.25) is 0 Å². The van der Waals surface area contributed by atoms with Gasteiger partial charge in [-0.2, -0.15) is 0 Å². The van der Waals surface area contributed by atoms with Crippen LogP contribution in [0.4, 0.5) is 0 Å². The van der Waals surface area contributed by atoms with Gasteiger partial charge in [0.05, 0.1) is 25.4 Å². The normalized spacial score (nSPS) is 18.1. The summed E-state index contributed by atoms with van der Waals surface area (Å²) in [5, 5.41) is 0. The van der Waals surface area contributed by atoms with Gasteiger partial charge >= 0.3 is 0 Å². The molecule has 1 spiro atoms. The Hall–Kier alpha value is -2.61. The van der Waals surface area contributed by atoms with Gasteiger partial charge in [0.1, 0.15) is 11.5 Å². The quantitative estimate of drug-likeness (QED) is 0.763. The molecular weight excluding hydrogens is 392 g/mol. The van der Waals surface area contributed by atoms with Crippen LogP contribution in [0, 0.1) is 0 Å². The van der Waals surface area contributed by atoms with Crippen LogP contribution in [-0.2, 0) is 0 Å². The second-order valence-electron chi connectivity index (χ2n) is 7.12. The predicted octanol–water partition coefficient (Wildman–Crippen LogP) is 3.12. The van der Waals surface area contributed by atoms with Crippen molar-refractivity contribution in [1.82, 2.24) is 9.80 Å². The molecule has 2 aliphatic rings. The standard InChI is InChI=1S/C21H24N2O5S/c1-26-16-12-15(13-17(14-16)27-2)19(24)22-7-5-21(6-8-22)23(9-11-29-21)20(25)18-4-3-10-28-18/h3-4,10,12-14H,5-9,11H2,1-2H3. The lowest BCUT2D eigenvalue weighted by Gasteiger charge is -2.43. The summed E-state index contributed by atoms with van der Waals surface area (Å²) in [6.07, 6.45) is 2.99. The molecular formula is C21H24N2O5S. The molecule has 154 valence electrons. The molecule has 0 radical (unpaired) electrons. The Balaban J connectivity index is 1.47. The summed E-state index contributed by atoms with van der Waals surface area (Å²) in [4.78, 5) is 29.4. The molecule has 0 atom stereocenters. The Kier molecular flexibility index (Phi) is 5.45. The summed E-state index contributed by atoms with van der Waals surface area (Å²) < 4.78 is 15.9. The van der Waals surface area contributed by atoms with Gasteiger partial charge in [-0.3, -0.25) is 9.59 Å². The number of carbonyl (C=O) groups excluding carboxylic acids is 2. The smallest absolute Gasteiger partial charge is 0.290 e. The first-order valence-electron chi connectivity index (χ1n) is 9.58. The third-order valence-electron chi connectivity index (χ3n) is 5.58. The lowest BCUT2D eigenvalue weighted by molar-refractivity contribution is 0.0477. The van der Waals surface area contributed by atoms with E-state index >= 15 is 0 Å². The molecule has 3 heterocycles. The van der Waals surface area contributed by atoms with Crippen molar-refractivity contribution in [1.29, 1.82) is 0 Å². The summed E-state index contributed by atoms with van der Waals surface area (Å²) in [7, 11) is 3.13. The Bertz CT molecular complexity index is 868. The number of hydrogen-bond donors (Lipinski definition) is 0. The molecule has 7 nitrogen and oxygen atoms in total. The zero-order valence-corrected chi connectivity index (χ0v) is 17.4. The maximum absolute atomic E-state index is 13.1. The number of nitrogens with zero attached hydrogens (tertiary/aromatic N) is 2. The summed E-state index contributed by atoms with van der Waals surface area (Å²) in [6, 6.07) is 8.63. The maximum atomic E-state index is 13.1. The summed E-state index contributed by atoms with van der Waals surface area (Å²) >= 11 is 1.81. The van der Waals surface area contributed by atoms with Crippen LogP contribution >= 0.6 is 11.8 Å². The Morgan fingerprint density at radius 1 is 1.03 bits per heavy atom. The summed E-state index contributed by atoms with van der Waals surface area (Å²) in [5.41, 5.74) is 0.541. The van der Waals surface area contributed by atoms with Crippen molar-refractivity contribution < 1.29 is 23.5 Å². The van der Waals surface area contributed by atoms with E-state index in [1.165, 1.54) is 6.26 Å². The van der Waals surface area contributed by atoms with Crippen molar-refractivity contribution in [3.05, 3.63) is 47.9 Å². The maximum Gasteiger partial charge on any atom is 0.290 e. The fourth-order valence-electron chi connectivity index (χ4n) is 4.02. The SMILES string of the molecule is COc1cc(OC)cc(C(=O)N2CCC3(CC2)SCCN3C(=O)c2ccco2)c1. The van der Waals surface area contributed by atoms with Crippen LogP contribution in [0.5, 0.6) is 11.5 Å². The molecule has 2 fully saturated rings. The van der Waals surface area contributed by atoms with E-state index in [9.17, 15) is 9.59 Å². The first-order chi connectivity index (χ1) is 14.1. The highest BCUT2D eigenvalue weighted by molar-refractivity contribution is 8.00. The molecule has 0 bridgehead atoms. The third-order valence-corrected chi connectivity index (χ3v) is 7.14. The van der Waals surface area contributed by atoms with Gasteiger partial charge in [0.25, 0.3) is 11.8 Å². The molecule has 8 heteroatoms. The molecule has 2 aromatic rings. The lowest BCUT2D eigenvalue weighted by Crippen LogP contribution is -2.53. The number of piperidine rings is 1. The fourth-order valence-corrected chi connectivity index (χ4v) is 5.47. The Morgan fingerprint density at radius 2 is 1.72 bits per heavy atom. The van der Waals surface area contributed by atoms with Crippen molar-refractivity contribution in [3.8, 4) is 11.5 Å². The molecule has 4 rings (SSSR count). The molecule has 1 aromatic carbocycles. The fraction of sp³-hybridized carbons (Fsp3) is 0.429. The molecule has 0 unspecified atom stereocenters. The van der Waals surface area contributed by atoms with Gasteiger partial charge in [-0.1, -0.05) is 0 Å². The highest BCUT2D eigenvalue weighted by Gasteiger charge is 2.47. The van der Waals surface area contributed by atoms with Crippen LogP contribution in [0.3, 0.4) is 0 Å². The molecule has 0 N–H and O–H groups in total. The van der Waals surface area contributed by atoms with Crippen molar-refractivity contribution >= 4 is 23.6 Å². The second-order valence-corrected chi connectivity index (χ2v) is 8.58. The molecule has 2 amide bonds. The first kappa shape index (κ1) is 19.7. The number of carbonyl (C=O) groups is 2. The van der Waals surface area contributed by atoms with Gasteiger partial charge in [0.15, 0.2) is 5.76 Å². The minimum absolute atomic E-state index is 0.0519. The highest BCUT2D eigenvalue weighted by Crippen LogP contribution is 2.44. The van der Waals surface area contributed by atoms with Crippen LogP contribution in [0.25, 0.3) is 0 Å². The highest BCUT2D eigenvalue weighted by atomic mass is 32.2. The zero-order chi connectivity index (χ0) is 20.4. The van der Waals surface area contributed by atoms with Gasteiger partial charge in [0.2, 0.25) is 0 Å². The van der Waals surface area contributed by atoms with Crippen LogP contribution in [0.1, 0.15) is 33.8 Å². The van der Waals surface area contributed by atoms with E-state index in [1.54, 1.807) is 56.3 Å². The van der Waals surface area contributed by atoms with E-state index in [-0.39, 0.29) is 16.7 Å². The number of benzene rings is 1. The van der Waals surface area contributed by atoms with Gasteiger partial charge < -0.3 is 23.7 Å². The van der Waals surface area contributed by atoms with Gasteiger partial charge in [-0.05, 0) is 37.1 Å². The van der Waals surface area contributed by atoms with E-state index in [0.717, 1.165) is 18.6 Å². The second kappa shape index (κ2) is 8.02. The van der Waals surface area contributed by atoms with E-state index in [1.807, 2.05) is 9.80 Å². The number of rotatable bonds is 4. The van der Waals surface area contributed by atoms with Crippen LogP contribution < -0.4 is 9.47 Å². The van der Waals surface area contributed by atoms with Crippen molar-refractivity contribution in [3.63, 3.8) is 0 Å². The number of likely N-dealkylation sites (tertiary alicyclic amines) is 1. The minimum atomic E-state index is -0.271. The van der Waals surface area contributed by atoms with Gasteiger partial charge in [0, 0.05) is 37.0 Å². The number of ether oxygens (including phenoxy) is 2. The molecule has 0 aliphatic carbocycles. The summed E-state index contributed by atoms with van der Waals surface area (Å²) in [5.74, 6) is 2.31. The Labute approximate surface area is 173 Å². The van der Waals surface area contributed by atoms with Crippen LogP contribution in [0.15, 0.2) is 41.0 Å². The summed E-state index contributed by atoms with van der Waals surface area (Å²) in [6.45, 7) is 1.88. The van der Waals surface area contributed by atoms with Crippen molar-refractivity contribution in [2.75, 3.05) is 39.6 Å². The van der Waals surface area contributed by atoms with E-state index in [2.05, 4.69) is 0 Å². The number of hydrogen-bond acceptors (Lipinski definition) is 6. The third kappa shape index (κ3) is 3.69. The first-order valence-corrected chi connectivity index (χ1v) is 10.6. The Morgan fingerprint density at radius 3 is 2.31 bits per heavy atom. The zero-order valence-electron chi connectivity index (χ0n) is 16.6. The average molecular weight is 416 g/mol. The van der Waals surface area contributed by atoms with Crippen molar-refractivity contribution in [2.45, 2.75) is 17.7 Å². The van der Waals surface area contributed by atoms with E-state index in [4.69, 9.17) is 13.9 Å². The number of furan rings is 1. The molecule has 0 saturated carbocycles. The van der Waals surface area contributed by atoms with E-state index < -0.39 is 0 Å². The molecule has 2 saturated heterocycles. The van der Waals surface area contributed by atoms with E-state index in [0.29, 0.717) is 42.5 Å². The minimum Gasteiger partial charge on any atom is -0.497 e. The van der Waals surface area contributed by atoms with Crippen LogP contribution in [-0.4, -0.2) is 66.1 Å². The van der Waals surface area contributed by atoms with Gasteiger partial charge in [-0.25, -0.2) is 0 Å². The monoisotopic (exact) mass is 416 g/mol. The molecule has 29 heavy (non-hydrogen) atoms. The largest absolute Gasteiger partial charge is 0.497 e. The lowest BCUT2D eigenvalue weighted by atomic mass is 10.0. The topological polar surface area (TPSA) is 72.2 Å². The van der Waals surface area contributed by atoms with Crippen molar-refractivity contribution in [2.24, 2.45) is 0 Å².